The van der Waals surface area contributed by atoms with E-state index >= 15 is 4.39 Å². The first kappa shape index (κ1) is 30.0. The summed E-state index contributed by atoms with van der Waals surface area (Å²) in [5.41, 5.74) is 0.420. The predicted molar refractivity (Wildman–Crippen MR) is 141 cm³/mol. The molecule has 0 saturated carbocycles. The molecule has 0 bridgehead atoms. The summed E-state index contributed by atoms with van der Waals surface area (Å²) in [5.74, 6) is -4.60. The molecule has 40 heavy (non-hydrogen) atoms. The molecule has 0 unspecified atom stereocenters. The van der Waals surface area contributed by atoms with Crippen molar-refractivity contribution in [3.63, 3.8) is 0 Å². The molecule has 2 saturated heterocycles. The lowest BCUT2D eigenvalue weighted by Gasteiger charge is -2.37. The Morgan fingerprint density at radius 2 is 1.62 bits per heavy atom. The molecule has 1 amide bonds. The van der Waals surface area contributed by atoms with Gasteiger partial charge in [0.05, 0.1) is 29.3 Å². The Hall–Kier alpha value is -2.96. The Balaban J connectivity index is 1.41. The number of benzene rings is 2. The predicted octanol–water partition coefficient (Wildman–Crippen LogP) is 5.24. The average molecular weight is 589 g/mol. The highest BCUT2D eigenvalue weighted by Crippen LogP contribution is 2.32. The molecule has 2 fully saturated rings. The minimum atomic E-state index is -4.23. The van der Waals surface area contributed by atoms with Crippen molar-refractivity contribution < 1.29 is 36.6 Å². The molecule has 0 aliphatic carbocycles. The lowest BCUT2D eigenvalue weighted by Crippen LogP contribution is -2.47. The summed E-state index contributed by atoms with van der Waals surface area (Å²) in [6, 6.07) is 7.24. The Morgan fingerprint density at radius 3 is 2.25 bits per heavy atom. The van der Waals surface area contributed by atoms with Crippen LogP contribution < -0.4 is 10.2 Å². The number of piperidine rings is 1. The van der Waals surface area contributed by atoms with Crippen LogP contribution in [-0.2, 0) is 11.3 Å². The van der Waals surface area contributed by atoms with Crippen LogP contribution in [0.1, 0.15) is 35.2 Å². The number of carbonyl (C=O) groups excluding carboxylic acids is 1. The molecule has 0 radical (unpaired) electrons. The molecular formula is C27H30ClF5N4O3. The maximum atomic E-state index is 15.0. The summed E-state index contributed by atoms with van der Waals surface area (Å²) in [4.78, 5) is 29.6. The number of carbonyl (C=O) groups is 2. The fraction of sp³-hybridized carbons (Fsp3) is 0.481. The van der Waals surface area contributed by atoms with Gasteiger partial charge in [0.2, 0.25) is 0 Å². The second-order valence-electron chi connectivity index (χ2n) is 10.1. The van der Waals surface area contributed by atoms with Crippen LogP contribution in [0, 0.1) is 17.6 Å². The van der Waals surface area contributed by atoms with Crippen LogP contribution in [0.4, 0.5) is 33.3 Å². The van der Waals surface area contributed by atoms with Gasteiger partial charge in [0.25, 0.3) is 5.91 Å². The van der Waals surface area contributed by atoms with E-state index in [0.29, 0.717) is 68.5 Å². The van der Waals surface area contributed by atoms with Crippen molar-refractivity contribution in [1.29, 1.82) is 0 Å². The molecule has 218 valence electrons. The van der Waals surface area contributed by atoms with Gasteiger partial charge in [-0.15, -0.1) is 0 Å². The van der Waals surface area contributed by atoms with Gasteiger partial charge in [-0.1, -0.05) is 17.7 Å². The number of carboxylic acid groups (broad SMARTS) is 1. The number of piperazine rings is 1. The molecule has 2 aliphatic rings. The van der Waals surface area contributed by atoms with E-state index in [4.69, 9.17) is 16.7 Å². The largest absolute Gasteiger partial charge is 0.481 e. The Labute approximate surface area is 233 Å². The van der Waals surface area contributed by atoms with Crippen molar-refractivity contribution in [2.75, 3.05) is 56.0 Å². The van der Waals surface area contributed by atoms with E-state index < -0.39 is 47.6 Å². The highest BCUT2D eigenvalue weighted by atomic mass is 35.5. The van der Waals surface area contributed by atoms with Gasteiger partial charge in [0.15, 0.2) is 11.6 Å². The number of rotatable bonds is 8. The van der Waals surface area contributed by atoms with Crippen LogP contribution in [0.25, 0.3) is 0 Å². The second-order valence-corrected chi connectivity index (χ2v) is 10.5. The van der Waals surface area contributed by atoms with Crippen LogP contribution in [0.2, 0.25) is 5.02 Å². The number of carboxylic acids is 1. The second kappa shape index (κ2) is 12.7. The van der Waals surface area contributed by atoms with Gasteiger partial charge in [0.1, 0.15) is 0 Å². The molecule has 7 nitrogen and oxygen atoms in total. The zero-order valence-electron chi connectivity index (χ0n) is 21.6. The van der Waals surface area contributed by atoms with E-state index in [0.717, 1.165) is 0 Å². The van der Waals surface area contributed by atoms with Gasteiger partial charge in [-0.2, -0.15) is 13.2 Å². The highest BCUT2D eigenvalue weighted by Gasteiger charge is 2.30. The third-order valence-electron chi connectivity index (χ3n) is 7.37. The van der Waals surface area contributed by atoms with Crippen molar-refractivity contribution in [3.05, 3.63) is 58.1 Å². The first-order valence-electron chi connectivity index (χ1n) is 13.0. The Morgan fingerprint density at radius 1 is 0.950 bits per heavy atom. The Kier molecular flexibility index (Phi) is 9.52. The topological polar surface area (TPSA) is 76.1 Å². The number of hydrogen-bond donors (Lipinski definition) is 2. The van der Waals surface area contributed by atoms with Gasteiger partial charge in [-0.05, 0) is 50.2 Å². The fourth-order valence-electron chi connectivity index (χ4n) is 5.02. The monoisotopic (exact) mass is 588 g/mol. The van der Waals surface area contributed by atoms with E-state index in [-0.39, 0.29) is 18.7 Å². The number of anilines is 2. The van der Waals surface area contributed by atoms with Crippen molar-refractivity contribution in [1.82, 2.24) is 9.80 Å². The molecule has 2 aliphatic heterocycles. The minimum absolute atomic E-state index is 0.0680. The average Bonchev–Trinajstić information content (AvgIpc) is 2.91. The van der Waals surface area contributed by atoms with Gasteiger partial charge < -0.3 is 15.3 Å². The third kappa shape index (κ3) is 7.61. The van der Waals surface area contributed by atoms with Gasteiger partial charge in [-0.3, -0.25) is 19.4 Å². The molecular weight excluding hydrogens is 559 g/mol. The summed E-state index contributed by atoms with van der Waals surface area (Å²) >= 11 is 6.17. The van der Waals surface area contributed by atoms with Crippen molar-refractivity contribution in [3.8, 4) is 0 Å². The number of nitrogens with zero attached hydrogens (tertiary/aromatic N) is 3. The van der Waals surface area contributed by atoms with E-state index in [9.17, 15) is 27.2 Å². The number of hydrogen-bond acceptors (Lipinski definition) is 5. The number of aliphatic carboxylic acids is 1. The minimum Gasteiger partial charge on any atom is -0.481 e. The number of alkyl halides is 3. The van der Waals surface area contributed by atoms with Crippen molar-refractivity contribution in [2.24, 2.45) is 5.92 Å². The normalized spacial score (nSPS) is 17.7. The lowest BCUT2D eigenvalue weighted by atomic mass is 9.96. The van der Waals surface area contributed by atoms with Crippen LogP contribution in [0.5, 0.6) is 0 Å². The first-order valence-corrected chi connectivity index (χ1v) is 13.4. The fourth-order valence-corrected chi connectivity index (χ4v) is 5.19. The SMILES string of the molecule is O=C(Nc1ccc(Cl)cc1N1CCN(CCC(F)(F)F)CC1)c1ccc(CN2CCC(C(=O)O)CC2)c(F)c1F. The van der Waals surface area contributed by atoms with Gasteiger partial charge in [0, 0.05) is 49.9 Å². The molecule has 4 rings (SSSR count). The zero-order valence-corrected chi connectivity index (χ0v) is 22.4. The van der Waals surface area contributed by atoms with Crippen LogP contribution in [0.15, 0.2) is 30.3 Å². The molecule has 0 aromatic heterocycles. The maximum Gasteiger partial charge on any atom is 0.390 e. The molecule has 2 aromatic rings. The van der Waals surface area contributed by atoms with E-state index in [1.165, 1.54) is 24.3 Å². The third-order valence-corrected chi connectivity index (χ3v) is 7.61. The summed E-state index contributed by atoms with van der Waals surface area (Å²) in [6.07, 6.45) is -4.28. The molecule has 13 heteroatoms. The quantitative estimate of drug-likeness (QED) is 0.411. The maximum absolute atomic E-state index is 15.0. The van der Waals surface area contributed by atoms with E-state index in [2.05, 4.69) is 5.32 Å². The van der Waals surface area contributed by atoms with Gasteiger partial charge in [-0.25, -0.2) is 8.78 Å². The Bertz CT molecular complexity index is 1230. The standard InChI is InChI=1S/C27H30ClF5N4O3/c28-19-2-4-21(22(15-19)37-13-11-35(12-14-37)10-7-27(31,32)33)34-25(38)20-3-1-18(23(29)24(20)30)16-36-8-5-17(6-9-36)26(39)40/h1-4,15,17H,5-14,16H2,(H,34,38)(H,39,40). The number of halogens is 6. The molecule has 2 heterocycles. The summed E-state index contributed by atoms with van der Waals surface area (Å²) in [7, 11) is 0. The number of likely N-dealkylation sites (tertiary alicyclic amines) is 1. The molecule has 0 spiro atoms. The van der Waals surface area contributed by atoms with Crippen molar-refractivity contribution >= 4 is 34.9 Å². The number of nitrogens with one attached hydrogen (secondary N) is 1. The summed E-state index contributed by atoms with van der Waals surface area (Å²) in [6.45, 7) is 2.42. The van der Waals surface area contributed by atoms with E-state index in [1.54, 1.807) is 11.0 Å². The number of amides is 1. The first-order chi connectivity index (χ1) is 18.9. The highest BCUT2D eigenvalue weighted by molar-refractivity contribution is 6.31. The smallest absolute Gasteiger partial charge is 0.390 e. The van der Waals surface area contributed by atoms with Crippen LogP contribution in [-0.4, -0.2) is 78.8 Å². The van der Waals surface area contributed by atoms with Crippen LogP contribution in [0.3, 0.4) is 0 Å². The summed E-state index contributed by atoms with van der Waals surface area (Å²) < 4.78 is 67.6. The summed E-state index contributed by atoms with van der Waals surface area (Å²) in [5, 5.41) is 12.1. The molecule has 2 N–H and O–H groups in total. The van der Waals surface area contributed by atoms with E-state index in [1.807, 2.05) is 9.80 Å². The molecule has 0 atom stereocenters. The van der Waals surface area contributed by atoms with Crippen molar-refractivity contribution in [2.45, 2.75) is 32.0 Å². The molecule has 2 aromatic carbocycles. The zero-order chi connectivity index (χ0) is 29.0. The van der Waals surface area contributed by atoms with Gasteiger partial charge >= 0.3 is 12.1 Å². The lowest BCUT2D eigenvalue weighted by molar-refractivity contribution is -0.143. The van der Waals surface area contributed by atoms with Crippen LogP contribution >= 0.6 is 11.6 Å².